The molecule has 4 nitrogen and oxygen atoms in total. The molecule has 0 fully saturated rings. The maximum Gasteiger partial charge on any atom is 0.177 e. The average molecular weight is 289 g/mol. The van der Waals surface area contributed by atoms with Gasteiger partial charge in [0.2, 0.25) is 0 Å². The van der Waals surface area contributed by atoms with Crippen LogP contribution in [0, 0.1) is 0 Å². The number of benzene rings is 1. The van der Waals surface area contributed by atoms with Crippen molar-refractivity contribution < 1.29 is 13.5 Å². The van der Waals surface area contributed by atoms with E-state index >= 15 is 0 Å². The van der Waals surface area contributed by atoms with Gasteiger partial charge in [0.05, 0.1) is 16.2 Å². The van der Waals surface area contributed by atoms with Gasteiger partial charge in [0.1, 0.15) is 0 Å². The van der Waals surface area contributed by atoms with Gasteiger partial charge >= 0.3 is 0 Å². The predicted octanol–water partition coefficient (Wildman–Crippen LogP) is 1.62. The Kier molecular flexibility index (Phi) is 5.07. The molecule has 0 aliphatic heterocycles. The minimum atomic E-state index is -3.26. The van der Waals surface area contributed by atoms with Crippen molar-refractivity contribution in [2.45, 2.75) is 17.4 Å². The van der Waals surface area contributed by atoms with Crippen molar-refractivity contribution in [2.24, 2.45) is 0 Å². The molecule has 1 unspecified atom stereocenters. The molecule has 2 N–H and O–H groups in total. The summed E-state index contributed by atoms with van der Waals surface area (Å²) in [5.41, 5.74) is -0.342. The standard InChI is InChI=1S/C12H19NO3S2/c1-12(14,9-17-2)8-13-10-6-4-5-7-11(10)18(3,15)16/h4-7,13-14H,8-9H2,1-3H3. The van der Waals surface area contributed by atoms with Gasteiger partial charge in [0, 0.05) is 18.6 Å². The Labute approximate surface area is 113 Å². The van der Waals surface area contributed by atoms with Crippen molar-refractivity contribution >= 4 is 27.3 Å². The number of aliphatic hydroxyl groups is 1. The molecule has 0 saturated heterocycles. The number of sulfone groups is 1. The Morgan fingerprint density at radius 1 is 1.39 bits per heavy atom. The molecule has 0 radical (unpaired) electrons. The first kappa shape index (κ1) is 15.3. The molecule has 0 aromatic heterocycles. The number of hydrogen-bond donors (Lipinski definition) is 2. The smallest absolute Gasteiger partial charge is 0.177 e. The van der Waals surface area contributed by atoms with Gasteiger partial charge in [0.25, 0.3) is 0 Å². The normalized spacial score (nSPS) is 15.1. The quantitative estimate of drug-likeness (QED) is 0.833. The van der Waals surface area contributed by atoms with Gasteiger partial charge < -0.3 is 10.4 Å². The number of nitrogens with one attached hydrogen (secondary N) is 1. The Morgan fingerprint density at radius 2 is 2.00 bits per heavy atom. The largest absolute Gasteiger partial charge is 0.387 e. The summed E-state index contributed by atoms with van der Waals surface area (Å²) < 4.78 is 23.2. The summed E-state index contributed by atoms with van der Waals surface area (Å²) in [6.07, 6.45) is 3.09. The summed E-state index contributed by atoms with van der Waals surface area (Å²) in [5.74, 6) is 0.584. The van der Waals surface area contributed by atoms with Crippen molar-refractivity contribution in [2.75, 3.05) is 30.1 Å². The van der Waals surface area contributed by atoms with Gasteiger partial charge in [-0.05, 0) is 25.3 Å². The van der Waals surface area contributed by atoms with E-state index < -0.39 is 15.4 Å². The summed E-state index contributed by atoms with van der Waals surface area (Å²) in [6.45, 7) is 2.03. The molecule has 102 valence electrons. The third kappa shape index (κ3) is 4.51. The number of thioether (sulfide) groups is 1. The van der Waals surface area contributed by atoms with Crippen LogP contribution in [-0.4, -0.2) is 43.9 Å². The van der Waals surface area contributed by atoms with Crippen LogP contribution in [0.15, 0.2) is 29.2 Å². The fourth-order valence-corrected chi connectivity index (χ4v) is 3.17. The molecule has 0 bridgehead atoms. The summed E-state index contributed by atoms with van der Waals surface area (Å²) in [5, 5.41) is 13.0. The van der Waals surface area contributed by atoms with Crippen LogP contribution < -0.4 is 5.32 Å². The van der Waals surface area contributed by atoms with Gasteiger partial charge in [0.15, 0.2) is 9.84 Å². The van der Waals surface area contributed by atoms with E-state index in [-0.39, 0.29) is 4.90 Å². The van der Waals surface area contributed by atoms with E-state index in [4.69, 9.17) is 0 Å². The molecule has 0 heterocycles. The highest BCUT2D eigenvalue weighted by atomic mass is 32.2. The third-order valence-electron chi connectivity index (χ3n) is 2.40. The second kappa shape index (κ2) is 5.95. The summed E-state index contributed by atoms with van der Waals surface area (Å²) in [6, 6.07) is 6.70. The Morgan fingerprint density at radius 3 is 2.56 bits per heavy atom. The van der Waals surface area contributed by atoms with E-state index in [2.05, 4.69) is 5.32 Å². The molecule has 0 aliphatic carbocycles. The highest BCUT2D eigenvalue weighted by Gasteiger charge is 2.20. The van der Waals surface area contributed by atoms with Crippen molar-refractivity contribution in [3.05, 3.63) is 24.3 Å². The lowest BCUT2D eigenvalue weighted by Crippen LogP contribution is -2.36. The second-order valence-corrected chi connectivity index (χ2v) is 7.40. The van der Waals surface area contributed by atoms with Crippen LogP contribution in [-0.2, 0) is 9.84 Å². The van der Waals surface area contributed by atoms with Gasteiger partial charge in [-0.15, -0.1) is 0 Å². The van der Waals surface area contributed by atoms with Crippen LogP contribution in [0.3, 0.4) is 0 Å². The van der Waals surface area contributed by atoms with E-state index in [0.29, 0.717) is 18.0 Å². The zero-order chi connectivity index (χ0) is 13.8. The SMILES string of the molecule is CSCC(C)(O)CNc1ccccc1S(C)(=O)=O. The van der Waals surface area contributed by atoms with Crippen LogP contribution in [0.5, 0.6) is 0 Å². The van der Waals surface area contributed by atoms with Crippen LogP contribution in [0.2, 0.25) is 0 Å². The molecule has 1 rings (SSSR count). The lowest BCUT2D eigenvalue weighted by atomic mass is 10.1. The van der Waals surface area contributed by atoms with E-state index in [9.17, 15) is 13.5 Å². The van der Waals surface area contributed by atoms with E-state index in [1.807, 2.05) is 6.26 Å². The van der Waals surface area contributed by atoms with Crippen LogP contribution in [0.1, 0.15) is 6.92 Å². The number of para-hydroxylation sites is 1. The molecular weight excluding hydrogens is 270 g/mol. The molecule has 0 saturated carbocycles. The summed E-state index contributed by atoms with van der Waals surface area (Å²) >= 11 is 1.55. The summed E-state index contributed by atoms with van der Waals surface area (Å²) in [4.78, 5) is 0.255. The number of rotatable bonds is 6. The predicted molar refractivity (Wildman–Crippen MR) is 77.0 cm³/mol. The van der Waals surface area contributed by atoms with Gasteiger partial charge in [-0.2, -0.15) is 11.8 Å². The fraction of sp³-hybridized carbons (Fsp3) is 0.500. The molecule has 0 spiro atoms. The van der Waals surface area contributed by atoms with Gasteiger partial charge in [-0.25, -0.2) is 8.42 Å². The monoisotopic (exact) mass is 289 g/mol. The molecule has 1 atom stereocenters. The zero-order valence-corrected chi connectivity index (χ0v) is 12.4. The minimum absolute atomic E-state index is 0.255. The van der Waals surface area contributed by atoms with Gasteiger partial charge in [-0.1, -0.05) is 12.1 Å². The highest BCUT2D eigenvalue weighted by Crippen LogP contribution is 2.21. The first-order chi connectivity index (χ1) is 8.26. The van der Waals surface area contributed by atoms with E-state index in [0.717, 1.165) is 0 Å². The lowest BCUT2D eigenvalue weighted by molar-refractivity contribution is 0.0996. The Hall–Kier alpha value is -0.720. The van der Waals surface area contributed by atoms with Crippen molar-refractivity contribution in [1.29, 1.82) is 0 Å². The minimum Gasteiger partial charge on any atom is -0.387 e. The topological polar surface area (TPSA) is 66.4 Å². The molecular formula is C12H19NO3S2. The fourth-order valence-electron chi connectivity index (χ4n) is 1.58. The maximum atomic E-state index is 11.6. The molecule has 0 aliphatic rings. The van der Waals surface area contributed by atoms with Crippen LogP contribution >= 0.6 is 11.8 Å². The van der Waals surface area contributed by atoms with Crippen LogP contribution in [0.4, 0.5) is 5.69 Å². The second-order valence-electron chi connectivity index (χ2n) is 4.55. The maximum absolute atomic E-state index is 11.6. The first-order valence-corrected chi connectivity index (χ1v) is 8.79. The zero-order valence-electron chi connectivity index (χ0n) is 10.8. The molecule has 0 amide bonds. The molecule has 1 aromatic carbocycles. The Bertz CT molecular complexity index is 498. The lowest BCUT2D eigenvalue weighted by Gasteiger charge is -2.23. The van der Waals surface area contributed by atoms with Crippen LogP contribution in [0.25, 0.3) is 0 Å². The Balaban J connectivity index is 2.86. The first-order valence-electron chi connectivity index (χ1n) is 5.50. The third-order valence-corrected chi connectivity index (χ3v) is 4.47. The van der Waals surface area contributed by atoms with Gasteiger partial charge in [-0.3, -0.25) is 0 Å². The van der Waals surface area contributed by atoms with E-state index in [1.54, 1.807) is 43.0 Å². The van der Waals surface area contributed by atoms with Crippen molar-refractivity contribution in [3.63, 3.8) is 0 Å². The van der Waals surface area contributed by atoms with E-state index in [1.165, 1.54) is 6.26 Å². The number of anilines is 1. The molecule has 6 heteroatoms. The average Bonchev–Trinajstić information content (AvgIpc) is 2.26. The van der Waals surface area contributed by atoms with Crippen molar-refractivity contribution in [3.8, 4) is 0 Å². The summed E-state index contributed by atoms with van der Waals surface area (Å²) in [7, 11) is -3.26. The van der Waals surface area contributed by atoms with Crippen molar-refractivity contribution in [1.82, 2.24) is 0 Å². The molecule has 18 heavy (non-hydrogen) atoms. The highest BCUT2D eigenvalue weighted by molar-refractivity contribution is 7.98. The number of hydrogen-bond acceptors (Lipinski definition) is 5. The molecule has 1 aromatic rings.